The lowest BCUT2D eigenvalue weighted by Gasteiger charge is -2.30. The van der Waals surface area contributed by atoms with Crippen molar-refractivity contribution in [3.05, 3.63) is 0 Å². The van der Waals surface area contributed by atoms with Crippen molar-refractivity contribution in [2.45, 2.75) is 51.9 Å². The maximum atomic E-state index is 5.83. The molecule has 0 aromatic rings. The molecule has 0 saturated carbocycles. The van der Waals surface area contributed by atoms with E-state index in [2.05, 4.69) is 31.8 Å². The highest BCUT2D eigenvalue weighted by molar-refractivity contribution is 4.69. The summed E-state index contributed by atoms with van der Waals surface area (Å²) in [5.41, 5.74) is 28.9. The number of hydrogen-bond donors (Lipinski definition) is 6. The Morgan fingerprint density at radius 1 is 0.378 bits per heavy atom. The fourth-order valence-electron chi connectivity index (χ4n) is 4.66. The molecule has 10 nitrogen and oxygen atoms in total. The summed E-state index contributed by atoms with van der Waals surface area (Å²) in [6.45, 7) is 20.2. The molecule has 11 N–H and O–H groups in total. The minimum atomic E-state index is 0.682. The standard InChI is InChI=1S/C27H66N10/c1-2-3-4-7-17-35(26-27-37(20-12-31)21-13-32)25-24-34(16-8-5-6-9-28)22-14-33-15-23-36(18-10-29)19-11-30/h33H,2-32H2,1H3. The maximum Gasteiger partial charge on any atom is 0.0110 e. The molecule has 0 aliphatic carbocycles. The molecule has 0 radical (unpaired) electrons. The molecule has 0 saturated heterocycles. The van der Waals surface area contributed by atoms with Crippen LogP contribution in [0.25, 0.3) is 0 Å². The Morgan fingerprint density at radius 2 is 0.757 bits per heavy atom. The Kier molecular flexibility index (Phi) is 28.3. The first-order valence-electron chi connectivity index (χ1n) is 15.3. The molecule has 0 aromatic heterocycles. The van der Waals surface area contributed by atoms with Gasteiger partial charge in [-0.15, -0.1) is 0 Å². The summed E-state index contributed by atoms with van der Waals surface area (Å²) in [6, 6.07) is 0. The van der Waals surface area contributed by atoms with Gasteiger partial charge in [-0.05, 0) is 38.9 Å². The molecule has 0 heterocycles. The zero-order valence-corrected chi connectivity index (χ0v) is 24.6. The number of nitrogens with zero attached hydrogens (tertiary/aromatic N) is 4. The van der Waals surface area contributed by atoms with Crippen LogP contribution in [0.15, 0.2) is 0 Å². The van der Waals surface area contributed by atoms with Crippen LogP contribution in [0.3, 0.4) is 0 Å². The second kappa shape index (κ2) is 28.6. The summed E-state index contributed by atoms with van der Waals surface area (Å²) in [4.78, 5) is 10.0. The van der Waals surface area contributed by atoms with Crippen LogP contribution >= 0.6 is 0 Å². The summed E-state index contributed by atoms with van der Waals surface area (Å²) in [5, 5.41) is 3.64. The molecule has 0 spiro atoms. The van der Waals surface area contributed by atoms with Gasteiger partial charge in [-0.1, -0.05) is 32.6 Å². The Labute approximate surface area is 230 Å². The van der Waals surface area contributed by atoms with Crippen molar-refractivity contribution < 1.29 is 0 Å². The van der Waals surface area contributed by atoms with Gasteiger partial charge < -0.3 is 43.8 Å². The summed E-state index contributed by atoms with van der Waals surface area (Å²) in [7, 11) is 0. The van der Waals surface area contributed by atoms with E-state index < -0.39 is 0 Å². The van der Waals surface area contributed by atoms with Gasteiger partial charge in [-0.25, -0.2) is 0 Å². The first-order chi connectivity index (χ1) is 18.1. The van der Waals surface area contributed by atoms with Gasteiger partial charge in [-0.3, -0.25) is 9.80 Å². The number of nitrogens with two attached hydrogens (primary N) is 5. The molecule has 0 fully saturated rings. The lowest BCUT2D eigenvalue weighted by Crippen LogP contribution is -2.44. The minimum absolute atomic E-state index is 0.682. The quantitative estimate of drug-likeness (QED) is 0.0659. The summed E-state index contributed by atoms with van der Waals surface area (Å²) in [6.07, 6.45) is 8.75. The predicted octanol–water partition coefficient (Wildman–Crippen LogP) is -0.672. The van der Waals surface area contributed by atoms with Gasteiger partial charge in [0.2, 0.25) is 0 Å². The van der Waals surface area contributed by atoms with Crippen LogP contribution in [0.4, 0.5) is 0 Å². The minimum Gasteiger partial charge on any atom is -0.330 e. The van der Waals surface area contributed by atoms with Gasteiger partial charge in [0.05, 0.1) is 0 Å². The van der Waals surface area contributed by atoms with Gasteiger partial charge in [0.15, 0.2) is 0 Å². The fourth-order valence-corrected chi connectivity index (χ4v) is 4.66. The highest BCUT2D eigenvalue weighted by Gasteiger charge is 2.12. The zero-order valence-electron chi connectivity index (χ0n) is 24.6. The van der Waals surface area contributed by atoms with E-state index in [1.165, 1.54) is 45.1 Å². The molecule has 0 aliphatic heterocycles. The Balaban J connectivity index is 4.75. The zero-order chi connectivity index (χ0) is 27.4. The third-order valence-corrected chi connectivity index (χ3v) is 6.96. The number of nitrogens with one attached hydrogen (secondary N) is 1. The normalized spacial score (nSPS) is 12.2. The number of hydrogen-bond acceptors (Lipinski definition) is 10. The highest BCUT2D eigenvalue weighted by Crippen LogP contribution is 2.04. The van der Waals surface area contributed by atoms with Gasteiger partial charge in [-0.2, -0.15) is 0 Å². The Bertz CT molecular complexity index is 431. The molecule has 0 amide bonds. The monoisotopic (exact) mass is 531 g/mol. The second-order valence-corrected chi connectivity index (χ2v) is 10.2. The van der Waals surface area contributed by atoms with E-state index in [9.17, 15) is 0 Å². The van der Waals surface area contributed by atoms with Crippen LogP contribution in [0, 0.1) is 0 Å². The van der Waals surface area contributed by atoms with E-state index >= 15 is 0 Å². The molecule has 0 aliphatic rings. The van der Waals surface area contributed by atoms with E-state index in [1.54, 1.807) is 0 Å². The van der Waals surface area contributed by atoms with Crippen molar-refractivity contribution in [3.8, 4) is 0 Å². The van der Waals surface area contributed by atoms with Gasteiger partial charge >= 0.3 is 0 Å². The van der Waals surface area contributed by atoms with Gasteiger partial charge in [0.1, 0.15) is 0 Å². The van der Waals surface area contributed by atoms with E-state index in [-0.39, 0.29) is 0 Å². The average molecular weight is 531 g/mol. The third kappa shape index (κ3) is 23.2. The molecule has 224 valence electrons. The smallest absolute Gasteiger partial charge is 0.0110 e. The second-order valence-electron chi connectivity index (χ2n) is 10.2. The van der Waals surface area contributed by atoms with Crippen molar-refractivity contribution >= 4 is 0 Å². The van der Waals surface area contributed by atoms with Crippen molar-refractivity contribution in [3.63, 3.8) is 0 Å². The van der Waals surface area contributed by atoms with E-state index in [0.29, 0.717) is 26.2 Å². The average Bonchev–Trinajstić information content (AvgIpc) is 2.89. The number of rotatable bonds is 30. The largest absolute Gasteiger partial charge is 0.330 e. The molecular formula is C27H66N10. The van der Waals surface area contributed by atoms with Crippen LogP contribution in [0.1, 0.15) is 51.9 Å². The lowest BCUT2D eigenvalue weighted by atomic mass is 10.2. The highest BCUT2D eigenvalue weighted by atomic mass is 15.2. The SMILES string of the molecule is CCCCCCN(CCN(CCN)CCN)CCN(CCCCCN)CCNCCN(CCN)CCN. The van der Waals surface area contributed by atoms with E-state index in [4.69, 9.17) is 28.7 Å². The van der Waals surface area contributed by atoms with Crippen LogP contribution < -0.4 is 34.0 Å². The molecule has 0 atom stereocenters. The van der Waals surface area contributed by atoms with Gasteiger partial charge in [0.25, 0.3) is 0 Å². The van der Waals surface area contributed by atoms with Crippen LogP contribution in [0.5, 0.6) is 0 Å². The fraction of sp³-hybridized carbons (Fsp3) is 1.00. The molecule has 0 bridgehead atoms. The van der Waals surface area contributed by atoms with Gasteiger partial charge in [0, 0.05) is 105 Å². The summed E-state index contributed by atoms with van der Waals surface area (Å²) >= 11 is 0. The lowest BCUT2D eigenvalue weighted by molar-refractivity contribution is 0.174. The molecular weight excluding hydrogens is 464 g/mol. The first-order valence-corrected chi connectivity index (χ1v) is 15.3. The Hall–Kier alpha value is -0.400. The molecule has 0 rings (SSSR count). The van der Waals surface area contributed by atoms with Crippen LogP contribution in [-0.4, -0.2) is 144 Å². The van der Waals surface area contributed by atoms with E-state index in [0.717, 1.165) is 98.0 Å². The van der Waals surface area contributed by atoms with Crippen molar-refractivity contribution in [1.82, 2.24) is 24.9 Å². The summed E-state index contributed by atoms with van der Waals surface area (Å²) in [5.74, 6) is 0. The van der Waals surface area contributed by atoms with Crippen LogP contribution in [0.2, 0.25) is 0 Å². The molecule has 0 unspecified atom stereocenters. The molecule has 10 heteroatoms. The summed E-state index contributed by atoms with van der Waals surface area (Å²) < 4.78 is 0. The predicted molar refractivity (Wildman–Crippen MR) is 162 cm³/mol. The Morgan fingerprint density at radius 3 is 1.16 bits per heavy atom. The van der Waals surface area contributed by atoms with Crippen molar-refractivity contribution in [2.24, 2.45) is 28.7 Å². The van der Waals surface area contributed by atoms with E-state index in [1.807, 2.05) is 0 Å². The maximum absolute atomic E-state index is 5.83. The molecule has 0 aromatic carbocycles. The third-order valence-electron chi connectivity index (χ3n) is 6.96. The van der Waals surface area contributed by atoms with Crippen molar-refractivity contribution in [1.29, 1.82) is 0 Å². The topological polar surface area (TPSA) is 155 Å². The van der Waals surface area contributed by atoms with Crippen LogP contribution in [-0.2, 0) is 0 Å². The first kappa shape index (κ1) is 36.6. The number of unbranched alkanes of at least 4 members (excludes halogenated alkanes) is 5. The van der Waals surface area contributed by atoms with Crippen molar-refractivity contribution in [2.75, 3.05) is 124 Å². The molecule has 37 heavy (non-hydrogen) atoms.